The molecule has 1 amide bonds. The van der Waals surface area contributed by atoms with Gasteiger partial charge in [0.25, 0.3) is 11.9 Å². The number of pyridine rings is 2. The van der Waals surface area contributed by atoms with Crippen LogP contribution in [-0.2, 0) is 0 Å². The van der Waals surface area contributed by atoms with Gasteiger partial charge in [-0.05, 0) is 31.0 Å². The van der Waals surface area contributed by atoms with Crippen LogP contribution in [0.2, 0.25) is 10.2 Å². The first-order chi connectivity index (χ1) is 16.1. The summed E-state index contributed by atoms with van der Waals surface area (Å²) in [5.74, 6) is -0.413. The third kappa shape index (κ3) is 4.34. The molecule has 1 saturated heterocycles. The molecule has 0 radical (unpaired) electrons. The molecule has 0 unspecified atom stereocenters. The smallest absolute Gasteiger partial charge is 0.397 e. The van der Waals surface area contributed by atoms with Crippen LogP contribution in [0.15, 0.2) is 28.8 Å². The van der Waals surface area contributed by atoms with E-state index in [1.165, 1.54) is 12.3 Å². The lowest BCUT2D eigenvalue weighted by molar-refractivity contribution is -0.194. The van der Waals surface area contributed by atoms with Crippen molar-refractivity contribution in [1.82, 2.24) is 19.9 Å². The van der Waals surface area contributed by atoms with Gasteiger partial charge in [-0.15, -0.1) is 0 Å². The molecule has 0 bridgehead atoms. The number of aromatic nitrogens is 3. The van der Waals surface area contributed by atoms with Gasteiger partial charge in [-0.2, -0.15) is 18.2 Å². The number of piperazine rings is 1. The molecule has 2 fully saturated rings. The topological polar surface area (TPSA) is 84.6 Å². The van der Waals surface area contributed by atoms with E-state index < -0.39 is 18.2 Å². The summed E-state index contributed by atoms with van der Waals surface area (Å²) in [5, 5.41) is 0.305. The predicted molar refractivity (Wildman–Crippen MR) is 117 cm³/mol. The fourth-order valence-corrected chi connectivity index (χ4v) is 4.08. The molecule has 3 aromatic rings. The van der Waals surface area contributed by atoms with Gasteiger partial charge in [0.05, 0.1) is 5.56 Å². The SMILES string of the molecule is O=C(c1cnc(OCC2(C(F)(F)F)CC2)c(Cl)c1)N1CCN(c2nc3nc(Cl)ccc3o2)CC1. The zero-order valence-corrected chi connectivity index (χ0v) is 19.1. The maximum Gasteiger partial charge on any atom is 0.397 e. The second-order valence-corrected chi connectivity index (χ2v) is 9.10. The Morgan fingerprint density at radius 2 is 1.88 bits per heavy atom. The average Bonchev–Trinajstić information content (AvgIpc) is 3.50. The lowest BCUT2D eigenvalue weighted by atomic mass is 10.1. The van der Waals surface area contributed by atoms with Gasteiger partial charge in [-0.25, -0.2) is 9.97 Å². The van der Waals surface area contributed by atoms with E-state index in [1.54, 1.807) is 17.0 Å². The average molecular weight is 516 g/mol. The minimum atomic E-state index is -4.33. The molecule has 34 heavy (non-hydrogen) atoms. The molecule has 1 aliphatic heterocycles. The standard InChI is InChI=1S/C21H18Cl2F3N5O3/c22-13-9-12(10-27-17(13)33-11-20(3-4-20)21(24,25)26)18(32)30-5-7-31(8-6-30)19-29-16-14(34-19)1-2-15(23)28-16/h1-2,9-10H,3-8,11H2. The minimum absolute atomic E-state index is 0.0138. The van der Waals surface area contributed by atoms with Crippen molar-refractivity contribution in [3.63, 3.8) is 0 Å². The van der Waals surface area contributed by atoms with E-state index in [9.17, 15) is 18.0 Å². The summed E-state index contributed by atoms with van der Waals surface area (Å²) >= 11 is 12.0. The van der Waals surface area contributed by atoms with Gasteiger partial charge < -0.3 is 19.0 Å². The van der Waals surface area contributed by atoms with Crippen molar-refractivity contribution in [2.24, 2.45) is 5.41 Å². The van der Waals surface area contributed by atoms with Crippen LogP contribution in [0.4, 0.5) is 19.2 Å². The van der Waals surface area contributed by atoms with Crippen molar-refractivity contribution in [2.75, 3.05) is 37.7 Å². The molecule has 0 spiro atoms. The van der Waals surface area contributed by atoms with Crippen LogP contribution < -0.4 is 9.64 Å². The summed E-state index contributed by atoms with van der Waals surface area (Å²) < 4.78 is 50.2. The van der Waals surface area contributed by atoms with Crippen LogP contribution in [0.25, 0.3) is 11.2 Å². The van der Waals surface area contributed by atoms with E-state index in [2.05, 4.69) is 15.0 Å². The predicted octanol–water partition coefficient (Wildman–Crippen LogP) is 4.61. The van der Waals surface area contributed by atoms with Crippen molar-refractivity contribution in [3.05, 3.63) is 40.1 Å². The van der Waals surface area contributed by atoms with E-state index in [-0.39, 0.29) is 35.2 Å². The largest absolute Gasteiger partial charge is 0.476 e. The number of ether oxygens (including phenoxy) is 1. The van der Waals surface area contributed by atoms with E-state index in [0.29, 0.717) is 48.6 Å². The van der Waals surface area contributed by atoms with E-state index in [0.717, 1.165) is 0 Å². The first-order valence-corrected chi connectivity index (χ1v) is 11.2. The number of hydrogen-bond acceptors (Lipinski definition) is 7. The van der Waals surface area contributed by atoms with Crippen LogP contribution in [0.3, 0.4) is 0 Å². The Hall–Kier alpha value is -2.79. The van der Waals surface area contributed by atoms with Gasteiger partial charge in [0.1, 0.15) is 22.2 Å². The second-order valence-electron chi connectivity index (χ2n) is 8.31. The molecule has 3 aromatic heterocycles. The molecule has 1 saturated carbocycles. The van der Waals surface area contributed by atoms with Crippen LogP contribution in [0.1, 0.15) is 23.2 Å². The summed E-state index contributed by atoms with van der Waals surface area (Å²) in [7, 11) is 0. The van der Waals surface area contributed by atoms with Crippen molar-refractivity contribution in [3.8, 4) is 5.88 Å². The van der Waals surface area contributed by atoms with Crippen molar-refractivity contribution in [2.45, 2.75) is 19.0 Å². The Kier molecular flexibility index (Phi) is 5.71. The maximum atomic E-state index is 13.1. The van der Waals surface area contributed by atoms with Crippen molar-refractivity contribution < 1.29 is 27.1 Å². The fraction of sp³-hybridized carbons (Fsp3) is 0.429. The Labute approximate surface area is 201 Å². The Morgan fingerprint density at radius 3 is 2.53 bits per heavy atom. The van der Waals surface area contributed by atoms with E-state index in [1.807, 2.05) is 4.90 Å². The summed E-state index contributed by atoms with van der Waals surface area (Å²) in [4.78, 5) is 28.9. The number of oxazole rings is 1. The highest BCUT2D eigenvalue weighted by Crippen LogP contribution is 2.57. The first-order valence-electron chi connectivity index (χ1n) is 10.5. The Balaban J connectivity index is 1.20. The molecule has 4 heterocycles. The van der Waals surface area contributed by atoms with Crippen molar-refractivity contribution >= 4 is 46.4 Å². The number of fused-ring (bicyclic) bond motifs is 1. The fourth-order valence-electron chi connectivity index (χ4n) is 3.72. The number of nitrogens with zero attached hydrogens (tertiary/aromatic N) is 5. The number of hydrogen-bond donors (Lipinski definition) is 0. The molecule has 0 aromatic carbocycles. The zero-order chi connectivity index (χ0) is 24.1. The molecule has 5 rings (SSSR count). The monoisotopic (exact) mass is 515 g/mol. The summed E-state index contributed by atoms with van der Waals surface area (Å²) in [6.45, 7) is 1.21. The number of amides is 1. The number of halogens is 5. The summed E-state index contributed by atoms with van der Waals surface area (Å²) in [6.07, 6.45) is -3.03. The number of alkyl halides is 3. The van der Waals surface area contributed by atoms with Gasteiger partial charge in [-0.3, -0.25) is 4.79 Å². The molecule has 13 heteroatoms. The number of rotatable bonds is 5. The van der Waals surface area contributed by atoms with Crippen molar-refractivity contribution in [1.29, 1.82) is 0 Å². The minimum Gasteiger partial charge on any atom is -0.476 e. The van der Waals surface area contributed by atoms with E-state index in [4.69, 9.17) is 32.4 Å². The summed E-state index contributed by atoms with van der Waals surface area (Å²) in [6, 6.07) is 5.07. The van der Waals surface area contributed by atoms with Crippen LogP contribution >= 0.6 is 23.2 Å². The van der Waals surface area contributed by atoms with Gasteiger partial charge in [0, 0.05) is 32.4 Å². The first kappa shape index (κ1) is 23.0. The number of carbonyl (C=O) groups is 1. The molecule has 8 nitrogen and oxygen atoms in total. The maximum absolute atomic E-state index is 13.1. The quantitative estimate of drug-likeness (QED) is 0.458. The highest BCUT2D eigenvalue weighted by Gasteiger charge is 2.64. The van der Waals surface area contributed by atoms with Gasteiger partial charge in [0.2, 0.25) is 11.5 Å². The third-order valence-corrected chi connectivity index (χ3v) is 6.52. The van der Waals surface area contributed by atoms with Crippen LogP contribution in [0, 0.1) is 5.41 Å². The molecule has 1 aliphatic carbocycles. The molecular weight excluding hydrogens is 498 g/mol. The lowest BCUT2D eigenvalue weighted by Crippen LogP contribution is -2.49. The van der Waals surface area contributed by atoms with Crippen LogP contribution in [0.5, 0.6) is 5.88 Å². The zero-order valence-electron chi connectivity index (χ0n) is 17.6. The molecule has 0 atom stereocenters. The molecule has 180 valence electrons. The molecular formula is C21H18Cl2F3N5O3. The highest BCUT2D eigenvalue weighted by molar-refractivity contribution is 6.32. The third-order valence-electron chi connectivity index (χ3n) is 6.04. The number of anilines is 1. The van der Waals surface area contributed by atoms with Gasteiger partial charge in [-0.1, -0.05) is 23.2 Å². The highest BCUT2D eigenvalue weighted by atomic mass is 35.5. The summed E-state index contributed by atoms with van der Waals surface area (Å²) in [5.41, 5.74) is -0.678. The van der Waals surface area contributed by atoms with Crippen LogP contribution in [-0.4, -0.2) is 64.7 Å². The lowest BCUT2D eigenvalue weighted by Gasteiger charge is -2.33. The Morgan fingerprint density at radius 1 is 1.15 bits per heavy atom. The normalized spacial score (nSPS) is 17.8. The second kappa shape index (κ2) is 8.46. The van der Waals surface area contributed by atoms with Gasteiger partial charge >= 0.3 is 6.18 Å². The molecule has 2 aliphatic rings. The van der Waals surface area contributed by atoms with Gasteiger partial charge in [0.15, 0.2) is 5.58 Å². The Bertz CT molecular complexity index is 1240. The molecule has 0 N–H and O–H groups in total. The number of carbonyl (C=O) groups excluding carboxylic acids is 1. The van der Waals surface area contributed by atoms with E-state index >= 15 is 0 Å².